The molecular formula is C22H19ClN2O5S. The van der Waals surface area contributed by atoms with Crippen LogP contribution in [0.4, 0.5) is 0 Å². The third kappa shape index (κ3) is 4.51. The van der Waals surface area contributed by atoms with E-state index in [0.29, 0.717) is 27.6 Å². The number of furan rings is 1. The van der Waals surface area contributed by atoms with E-state index in [-0.39, 0.29) is 23.5 Å². The zero-order valence-electron chi connectivity index (χ0n) is 16.5. The molecule has 0 radical (unpaired) electrons. The molecule has 0 bridgehead atoms. The molecule has 0 aliphatic carbocycles. The van der Waals surface area contributed by atoms with Gasteiger partial charge < -0.3 is 14.1 Å². The molecular weight excluding hydrogens is 440 g/mol. The van der Waals surface area contributed by atoms with E-state index >= 15 is 0 Å². The SMILES string of the molecule is COc1ccc2cc(CN(Cc3ccco3)S(=O)(=O)c3ccc(Cl)cc3)c(=O)[nH]c2c1. The highest BCUT2D eigenvalue weighted by molar-refractivity contribution is 7.89. The van der Waals surface area contributed by atoms with Crippen LogP contribution in [0.2, 0.25) is 5.02 Å². The first-order valence-electron chi connectivity index (χ1n) is 9.35. The lowest BCUT2D eigenvalue weighted by atomic mass is 10.1. The number of pyridine rings is 1. The van der Waals surface area contributed by atoms with Crippen LogP contribution in [0, 0.1) is 0 Å². The zero-order valence-corrected chi connectivity index (χ0v) is 18.1. The molecule has 4 rings (SSSR count). The van der Waals surface area contributed by atoms with E-state index in [1.807, 2.05) is 0 Å². The molecule has 1 N–H and O–H groups in total. The maximum atomic E-state index is 13.3. The van der Waals surface area contributed by atoms with Crippen molar-refractivity contribution < 1.29 is 17.6 Å². The molecule has 7 nitrogen and oxygen atoms in total. The highest BCUT2D eigenvalue weighted by atomic mass is 35.5. The van der Waals surface area contributed by atoms with Gasteiger partial charge in [0.05, 0.1) is 30.3 Å². The van der Waals surface area contributed by atoms with Gasteiger partial charge in [0.25, 0.3) is 5.56 Å². The van der Waals surface area contributed by atoms with Crippen molar-refractivity contribution in [2.45, 2.75) is 18.0 Å². The van der Waals surface area contributed by atoms with Crippen molar-refractivity contribution in [3.05, 3.63) is 93.6 Å². The minimum Gasteiger partial charge on any atom is -0.497 e. The van der Waals surface area contributed by atoms with E-state index in [9.17, 15) is 13.2 Å². The predicted molar refractivity (Wildman–Crippen MR) is 118 cm³/mol. The number of halogens is 1. The lowest BCUT2D eigenvalue weighted by Crippen LogP contribution is -2.32. The van der Waals surface area contributed by atoms with Gasteiger partial charge in [0, 0.05) is 23.2 Å². The average Bonchev–Trinajstić information content (AvgIpc) is 3.27. The number of methoxy groups -OCH3 is 1. The quantitative estimate of drug-likeness (QED) is 0.448. The second kappa shape index (κ2) is 8.58. The van der Waals surface area contributed by atoms with Gasteiger partial charge in [-0.15, -0.1) is 0 Å². The smallest absolute Gasteiger partial charge is 0.252 e. The summed E-state index contributed by atoms with van der Waals surface area (Å²) in [5.41, 5.74) is 0.532. The molecule has 31 heavy (non-hydrogen) atoms. The van der Waals surface area contributed by atoms with Crippen LogP contribution in [-0.2, 0) is 23.1 Å². The summed E-state index contributed by atoms with van der Waals surface area (Å²) >= 11 is 5.91. The van der Waals surface area contributed by atoms with Gasteiger partial charge in [-0.1, -0.05) is 11.6 Å². The number of aromatic amines is 1. The van der Waals surface area contributed by atoms with Crippen LogP contribution in [0.5, 0.6) is 5.75 Å². The minimum atomic E-state index is -3.93. The number of H-pyrrole nitrogens is 1. The van der Waals surface area contributed by atoms with Gasteiger partial charge in [-0.2, -0.15) is 4.31 Å². The number of nitrogens with zero attached hydrogens (tertiary/aromatic N) is 1. The van der Waals surface area contributed by atoms with Crippen molar-refractivity contribution in [1.29, 1.82) is 0 Å². The number of sulfonamides is 1. The third-order valence-corrected chi connectivity index (χ3v) is 6.90. The molecule has 4 aromatic rings. The summed E-state index contributed by atoms with van der Waals surface area (Å²) in [6, 6.07) is 16.2. The number of fused-ring (bicyclic) bond motifs is 1. The molecule has 160 valence electrons. The fraction of sp³-hybridized carbons (Fsp3) is 0.136. The van der Waals surface area contributed by atoms with Crippen LogP contribution in [0.15, 0.2) is 81.0 Å². The maximum absolute atomic E-state index is 13.3. The number of hydrogen-bond acceptors (Lipinski definition) is 5. The Hall–Kier alpha value is -3.07. The summed E-state index contributed by atoms with van der Waals surface area (Å²) in [5, 5.41) is 1.19. The van der Waals surface area contributed by atoms with Gasteiger partial charge in [-0.25, -0.2) is 8.42 Å². The number of benzene rings is 2. The highest BCUT2D eigenvalue weighted by Crippen LogP contribution is 2.24. The van der Waals surface area contributed by atoms with Gasteiger partial charge in [-0.05, 0) is 60.0 Å². The third-order valence-electron chi connectivity index (χ3n) is 4.84. The molecule has 2 heterocycles. The van der Waals surface area contributed by atoms with E-state index < -0.39 is 10.0 Å². The van der Waals surface area contributed by atoms with E-state index in [4.69, 9.17) is 20.8 Å². The Morgan fingerprint density at radius 1 is 1.06 bits per heavy atom. The second-order valence-electron chi connectivity index (χ2n) is 6.88. The van der Waals surface area contributed by atoms with E-state index in [2.05, 4.69) is 4.98 Å². The normalized spacial score (nSPS) is 11.8. The van der Waals surface area contributed by atoms with E-state index in [0.717, 1.165) is 5.39 Å². The topological polar surface area (TPSA) is 92.6 Å². The Labute approximate surface area is 183 Å². The highest BCUT2D eigenvalue weighted by Gasteiger charge is 2.27. The fourth-order valence-electron chi connectivity index (χ4n) is 3.22. The Morgan fingerprint density at radius 2 is 1.84 bits per heavy atom. The van der Waals surface area contributed by atoms with Crippen molar-refractivity contribution in [2.24, 2.45) is 0 Å². The van der Waals surface area contributed by atoms with E-state index in [1.165, 1.54) is 34.8 Å². The molecule has 0 spiro atoms. The zero-order chi connectivity index (χ0) is 22.0. The number of ether oxygens (including phenoxy) is 1. The van der Waals surface area contributed by atoms with Gasteiger partial charge >= 0.3 is 0 Å². The monoisotopic (exact) mass is 458 g/mol. The molecule has 0 fully saturated rings. The standard InChI is InChI=1S/C22H19ClN2O5S/c1-29-18-7-4-15-11-16(22(26)24-21(15)12-18)13-25(14-19-3-2-10-30-19)31(27,28)20-8-5-17(23)6-9-20/h2-12H,13-14H2,1H3,(H,24,26). The molecule has 0 aliphatic heterocycles. The van der Waals surface area contributed by atoms with Crippen LogP contribution >= 0.6 is 11.6 Å². The van der Waals surface area contributed by atoms with Crippen LogP contribution in [0.1, 0.15) is 11.3 Å². The van der Waals surface area contributed by atoms with Gasteiger partial charge in [0.1, 0.15) is 11.5 Å². The Balaban J connectivity index is 1.75. The van der Waals surface area contributed by atoms with Gasteiger partial charge in [-0.3, -0.25) is 4.79 Å². The molecule has 0 amide bonds. The molecule has 0 aliphatic rings. The molecule has 0 atom stereocenters. The number of aromatic nitrogens is 1. The molecule has 9 heteroatoms. The maximum Gasteiger partial charge on any atom is 0.252 e. The summed E-state index contributed by atoms with van der Waals surface area (Å²) < 4.78 is 38.4. The van der Waals surface area contributed by atoms with Crippen molar-refractivity contribution in [3.63, 3.8) is 0 Å². The van der Waals surface area contributed by atoms with E-state index in [1.54, 1.807) is 43.5 Å². The first-order valence-corrected chi connectivity index (χ1v) is 11.2. The van der Waals surface area contributed by atoms with Crippen LogP contribution in [0.3, 0.4) is 0 Å². The summed E-state index contributed by atoms with van der Waals surface area (Å²) in [6.07, 6.45) is 1.47. The van der Waals surface area contributed by atoms with Gasteiger partial charge in [0.2, 0.25) is 10.0 Å². The Morgan fingerprint density at radius 3 is 2.52 bits per heavy atom. The summed E-state index contributed by atoms with van der Waals surface area (Å²) in [5.74, 6) is 1.07. The first kappa shape index (κ1) is 21.2. The van der Waals surface area contributed by atoms with Crippen molar-refractivity contribution >= 4 is 32.5 Å². The molecule has 0 saturated heterocycles. The lowest BCUT2D eigenvalue weighted by molar-refractivity contribution is 0.357. The second-order valence-corrected chi connectivity index (χ2v) is 9.26. The number of rotatable bonds is 7. The van der Waals surface area contributed by atoms with Crippen molar-refractivity contribution in [2.75, 3.05) is 7.11 Å². The lowest BCUT2D eigenvalue weighted by Gasteiger charge is -2.21. The van der Waals surface area contributed by atoms with Crippen molar-refractivity contribution in [1.82, 2.24) is 9.29 Å². The van der Waals surface area contributed by atoms with Crippen LogP contribution in [0.25, 0.3) is 10.9 Å². The van der Waals surface area contributed by atoms with Crippen LogP contribution < -0.4 is 10.3 Å². The average molecular weight is 459 g/mol. The minimum absolute atomic E-state index is 0.0297. The van der Waals surface area contributed by atoms with Crippen LogP contribution in [-0.4, -0.2) is 24.8 Å². The number of nitrogens with one attached hydrogen (secondary N) is 1. The largest absolute Gasteiger partial charge is 0.497 e. The fourth-order valence-corrected chi connectivity index (χ4v) is 4.73. The number of hydrogen-bond donors (Lipinski definition) is 1. The predicted octanol–water partition coefficient (Wildman–Crippen LogP) is 4.17. The summed E-state index contributed by atoms with van der Waals surface area (Å²) in [7, 11) is -2.39. The molecule has 2 aromatic heterocycles. The molecule has 2 aromatic carbocycles. The summed E-state index contributed by atoms with van der Waals surface area (Å²) in [4.78, 5) is 15.6. The first-order chi connectivity index (χ1) is 14.9. The molecule has 0 unspecified atom stereocenters. The Kier molecular flexibility index (Phi) is 5.86. The van der Waals surface area contributed by atoms with Crippen molar-refractivity contribution in [3.8, 4) is 5.75 Å². The Bertz CT molecular complexity index is 1360. The van der Waals surface area contributed by atoms with Gasteiger partial charge in [0.15, 0.2) is 0 Å². The molecule has 0 saturated carbocycles. The summed E-state index contributed by atoms with van der Waals surface area (Å²) in [6.45, 7) is -0.166.